The molecule has 0 bridgehead atoms. The molecule has 4 nitrogen and oxygen atoms in total. The molecule has 2 N–H and O–H groups in total. The SMILES string of the molecule is CSCC(NC(=O)c1cc(C)[nH]n1)c1ccccc1. The molecule has 1 atom stereocenters. The Morgan fingerprint density at radius 1 is 1.42 bits per heavy atom. The summed E-state index contributed by atoms with van der Waals surface area (Å²) in [6, 6.07) is 11.7. The highest BCUT2D eigenvalue weighted by molar-refractivity contribution is 7.98. The molecule has 19 heavy (non-hydrogen) atoms. The molecule has 0 spiro atoms. The maximum Gasteiger partial charge on any atom is 0.272 e. The van der Waals surface area contributed by atoms with Crippen LogP contribution in [-0.4, -0.2) is 28.1 Å². The van der Waals surface area contributed by atoms with Crippen molar-refractivity contribution in [3.8, 4) is 0 Å². The molecule has 0 aliphatic carbocycles. The van der Waals surface area contributed by atoms with Crippen molar-refractivity contribution in [1.29, 1.82) is 0 Å². The predicted octanol–water partition coefficient (Wildman–Crippen LogP) is 2.55. The topological polar surface area (TPSA) is 57.8 Å². The molecule has 5 heteroatoms. The Balaban J connectivity index is 2.11. The van der Waals surface area contributed by atoms with E-state index in [2.05, 4.69) is 15.5 Å². The van der Waals surface area contributed by atoms with Crippen molar-refractivity contribution in [2.45, 2.75) is 13.0 Å². The quantitative estimate of drug-likeness (QED) is 0.881. The minimum atomic E-state index is -0.146. The van der Waals surface area contributed by atoms with Crippen molar-refractivity contribution in [3.63, 3.8) is 0 Å². The maximum absolute atomic E-state index is 12.1. The second-order valence-electron chi connectivity index (χ2n) is 4.33. The fraction of sp³-hybridized carbons (Fsp3) is 0.286. The smallest absolute Gasteiger partial charge is 0.272 e. The number of hydrogen-bond donors (Lipinski definition) is 2. The average molecular weight is 275 g/mol. The van der Waals surface area contributed by atoms with Crippen LogP contribution in [0.5, 0.6) is 0 Å². The van der Waals surface area contributed by atoms with E-state index in [0.29, 0.717) is 5.69 Å². The Bertz CT molecular complexity index is 539. The normalized spacial score (nSPS) is 12.1. The highest BCUT2D eigenvalue weighted by Gasteiger charge is 2.16. The Morgan fingerprint density at radius 2 is 2.16 bits per heavy atom. The van der Waals surface area contributed by atoms with Gasteiger partial charge in [-0.3, -0.25) is 9.89 Å². The molecule has 2 rings (SSSR count). The van der Waals surface area contributed by atoms with Gasteiger partial charge in [0.05, 0.1) is 6.04 Å². The van der Waals surface area contributed by atoms with Crippen LogP contribution in [0.3, 0.4) is 0 Å². The molecular weight excluding hydrogens is 258 g/mol. The third kappa shape index (κ3) is 3.61. The lowest BCUT2D eigenvalue weighted by Gasteiger charge is -2.17. The largest absolute Gasteiger partial charge is 0.343 e. The van der Waals surface area contributed by atoms with E-state index in [-0.39, 0.29) is 11.9 Å². The molecule has 0 fully saturated rings. The minimum Gasteiger partial charge on any atom is -0.343 e. The molecule has 2 aromatic rings. The predicted molar refractivity (Wildman–Crippen MR) is 78.4 cm³/mol. The zero-order valence-electron chi connectivity index (χ0n) is 11.0. The molecule has 0 radical (unpaired) electrons. The molecule has 100 valence electrons. The average Bonchev–Trinajstić information content (AvgIpc) is 2.86. The molecule has 1 amide bonds. The number of amides is 1. The van der Waals surface area contributed by atoms with Crippen molar-refractivity contribution in [2.75, 3.05) is 12.0 Å². The number of aryl methyl sites for hydroxylation is 1. The fourth-order valence-corrected chi connectivity index (χ4v) is 2.45. The van der Waals surface area contributed by atoms with E-state index in [4.69, 9.17) is 0 Å². The summed E-state index contributed by atoms with van der Waals surface area (Å²) in [7, 11) is 0. The Labute approximate surface area is 117 Å². The number of thioether (sulfide) groups is 1. The van der Waals surface area contributed by atoms with Crippen molar-refractivity contribution < 1.29 is 4.79 Å². The van der Waals surface area contributed by atoms with Gasteiger partial charge in [-0.1, -0.05) is 30.3 Å². The monoisotopic (exact) mass is 275 g/mol. The molecule has 0 aliphatic heterocycles. The first-order chi connectivity index (χ1) is 9.20. The maximum atomic E-state index is 12.1. The van der Waals surface area contributed by atoms with Gasteiger partial charge in [0.2, 0.25) is 0 Å². The number of rotatable bonds is 5. The van der Waals surface area contributed by atoms with Crippen LogP contribution in [-0.2, 0) is 0 Å². The highest BCUT2D eigenvalue weighted by Crippen LogP contribution is 2.17. The summed E-state index contributed by atoms with van der Waals surface area (Å²) in [5.41, 5.74) is 2.42. The van der Waals surface area contributed by atoms with Gasteiger partial charge in [0.1, 0.15) is 5.69 Å². The van der Waals surface area contributed by atoms with E-state index in [1.165, 1.54) is 0 Å². The van der Waals surface area contributed by atoms with Gasteiger partial charge in [0.25, 0.3) is 5.91 Å². The molecule has 0 saturated carbocycles. The van der Waals surface area contributed by atoms with Crippen molar-refractivity contribution >= 4 is 17.7 Å². The van der Waals surface area contributed by atoms with Gasteiger partial charge in [-0.2, -0.15) is 16.9 Å². The zero-order valence-corrected chi connectivity index (χ0v) is 11.8. The van der Waals surface area contributed by atoms with Crippen LogP contribution in [0.15, 0.2) is 36.4 Å². The molecule has 1 aromatic carbocycles. The van der Waals surface area contributed by atoms with E-state index in [0.717, 1.165) is 17.0 Å². The van der Waals surface area contributed by atoms with E-state index >= 15 is 0 Å². The lowest BCUT2D eigenvalue weighted by Crippen LogP contribution is -2.30. The summed E-state index contributed by atoms with van der Waals surface area (Å²) in [5, 5.41) is 9.78. The molecule has 1 unspecified atom stereocenters. The number of aromatic amines is 1. The number of aromatic nitrogens is 2. The zero-order chi connectivity index (χ0) is 13.7. The second kappa shape index (κ2) is 6.43. The summed E-state index contributed by atoms with van der Waals surface area (Å²) in [5.74, 6) is 0.686. The van der Waals surface area contributed by atoms with E-state index < -0.39 is 0 Å². The highest BCUT2D eigenvalue weighted by atomic mass is 32.2. The van der Waals surface area contributed by atoms with Crippen LogP contribution in [0.1, 0.15) is 27.8 Å². The van der Waals surface area contributed by atoms with Gasteiger partial charge in [0.15, 0.2) is 0 Å². The molecule has 1 aromatic heterocycles. The first kappa shape index (κ1) is 13.7. The first-order valence-electron chi connectivity index (χ1n) is 6.07. The van der Waals surface area contributed by atoms with Crippen LogP contribution in [0.4, 0.5) is 0 Å². The summed E-state index contributed by atoms with van der Waals surface area (Å²) in [6.07, 6.45) is 2.03. The van der Waals surface area contributed by atoms with Gasteiger partial charge >= 0.3 is 0 Å². The number of carbonyl (C=O) groups is 1. The number of hydrogen-bond acceptors (Lipinski definition) is 3. The summed E-state index contributed by atoms with van der Waals surface area (Å²) in [6.45, 7) is 1.88. The third-order valence-electron chi connectivity index (χ3n) is 2.78. The van der Waals surface area contributed by atoms with Crippen LogP contribution in [0.2, 0.25) is 0 Å². The first-order valence-corrected chi connectivity index (χ1v) is 7.47. The molecule has 0 aliphatic rings. The lowest BCUT2D eigenvalue weighted by molar-refractivity contribution is 0.0935. The van der Waals surface area contributed by atoms with Gasteiger partial charge < -0.3 is 5.32 Å². The summed E-state index contributed by atoms with van der Waals surface area (Å²) < 4.78 is 0. The number of benzene rings is 1. The Morgan fingerprint density at radius 3 is 2.74 bits per heavy atom. The van der Waals surface area contributed by atoms with Gasteiger partial charge in [-0.25, -0.2) is 0 Å². The van der Waals surface area contributed by atoms with E-state index in [9.17, 15) is 4.79 Å². The van der Waals surface area contributed by atoms with Crippen LogP contribution >= 0.6 is 11.8 Å². The fourth-order valence-electron chi connectivity index (χ4n) is 1.84. The van der Waals surface area contributed by atoms with Crippen molar-refractivity contribution in [2.24, 2.45) is 0 Å². The molecular formula is C14H17N3OS. The second-order valence-corrected chi connectivity index (χ2v) is 5.24. The number of H-pyrrole nitrogens is 1. The van der Waals surface area contributed by atoms with Crippen LogP contribution in [0, 0.1) is 6.92 Å². The lowest BCUT2D eigenvalue weighted by atomic mass is 10.1. The van der Waals surface area contributed by atoms with Crippen molar-refractivity contribution in [3.05, 3.63) is 53.3 Å². The van der Waals surface area contributed by atoms with Gasteiger partial charge in [-0.05, 0) is 24.8 Å². The molecule has 1 heterocycles. The van der Waals surface area contributed by atoms with Crippen molar-refractivity contribution in [1.82, 2.24) is 15.5 Å². The summed E-state index contributed by atoms with van der Waals surface area (Å²) >= 11 is 1.70. The summed E-state index contributed by atoms with van der Waals surface area (Å²) in [4.78, 5) is 12.1. The minimum absolute atomic E-state index is 0.000654. The number of carbonyl (C=O) groups excluding carboxylic acids is 1. The van der Waals surface area contributed by atoms with Crippen LogP contribution in [0.25, 0.3) is 0 Å². The third-order valence-corrected chi connectivity index (χ3v) is 3.45. The Hall–Kier alpha value is -1.75. The molecule has 0 saturated heterocycles. The van der Waals surface area contributed by atoms with E-state index in [1.807, 2.05) is 43.5 Å². The Kier molecular flexibility index (Phi) is 4.63. The van der Waals surface area contributed by atoms with E-state index in [1.54, 1.807) is 17.8 Å². The van der Waals surface area contributed by atoms with Gasteiger partial charge in [-0.15, -0.1) is 0 Å². The van der Waals surface area contributed by atoms with Gasteiger partial charge in [0, 0.05) is 11.4 Å². The van der Waals surface area contributed by atoms with Crippen LogP contribution < -0.4 is 5.32 Å². The number of nitrogens with one attached hydrogen (secondary N) is 2. The standard InChI is InChI=1S/C14H17N3OS/c1-10-8-12(17-16-10)14(18)15-13(9-19-2)11-6-4-3-5-7-11/h3-8,13H,9H2,1-2H3,(H,15,18)(H,16,17). The number of nitrogens with zero attached hydrogens (tertiary/aromatic N) is 1.